The molecule has 0 bridgehead atoms. The van der Waals surface area contributed by atoms with Gasteiger partial charge >= 0.3 is 6.18 Å². The van der Waals surface area contributed by atoms with Crippen molar-refractivity contribution in [2.45, 2.75) is 44.4 Å². The molecule has 0 aliphatic carbocycles. The number of rotatable bonds is 5. The lowest BCUT2D eigenvalue weighted by Gasteiger charge is -2.42. The van der Waals surface area contributed by atoms with Crippen molar-refractivity contribution in [3.63, 3.8) is 0 Å². The third kappa shape index (κ3) is 5.92. The zero-order chi connectivity index (χ0) is 26.1. The molecular formula is C26H29F4N5S. The number of hydrogen-bond acceptors (Lipinski definition) is 6. The van der Waals surface area contributed by atoms with Gasteiger partial charge in [-0.3, -0.25) is 4.90 Å². The van der Waals surface area contributed by atoms with Crippen LogP contribution in [0, 0.1) is 12.7 Å². The molecule has 0 unspecified atom stereocenters. The summed E-state index contributed by atoms with van der Waals surface area (Å²) in [5.74, 6) is 0.490. The number of anilines is 2. The number of alkyl halides is 3. The minimum Gasteiger partial charge on any atom is -0.354 e. The molecule has 192 valence electrons. The van der Waals surface area contributed by atoms with Crippen molar-refractivity contribution in [1.82, 2.24) is 14.9 Å². The summed E-state index contributed by atoms with van der Waals surface area (Å²) < 4.78 is 58.1. The Morgan fingerprint density at radius 3 is 2.25 bits per heavy atom. The number of piperazine rings is 1. The Balaban J connectivity index is 1.52. The topological polar surface area (TPSA) is 44.3 Å². The zero-order valence-corrected chi connectivity index (χ0v) is 21.5. The molecule has 1 aliphatic heterocycles. The number of aromatic nitrogens is 2. The van der Waals surface area contributed by atoms with Crippen molar-refractivity contribution in [3.05, 3.63) is 65.5 Å². The smallest absolute Gasteiger partial charge is 0.354 e. The van der Waals surface area contributed by atoms with Gasteiger partial charge in [-0.25, -0.2) is 14.4 Å². The van der Waals surface area contributed by atoms with Gasteiger partial charge in [-0.15, -0.1) is 0 Å². The molecule has 3 aromatic rings. The van der Waals surface area contributed by atoms with Crippen molar-refractivity contribution in [1.29, 1.82) is 0 Å². The predicted octanol–water partition coefficient (Wildman–Crippen LogP) is 6.65. The number of nitrogens with zero attached hydrogens (tertiary/aromatic N) is 4. The van der Waals surface area contributed by atoms with E-state index in [9.17, 15) is 17.6 Å². The first-order chi connectivity index (χ1) is 16.9. The van der Waals surface area contributed by atoms with Crippen LogP contribution < -0.4 is 9.62 Å². The van der Waals surface area contributed by atoms with Gasteiger partial charge in [-0.2, -0.15) is 13.2 Å². The standard InChI is InChI=1S/C26H29F4N5S/c1-17-18(7-5-8-20(17)27)24-19(26(28,29)30)11-12-21(31-24)33-36-23-10-6-9-22(32-23)34-13-15-35(16-14-34)25(2,3)4/h5-12H,13-16H2,1-4H3,(H,31,33). The summed E-state index contributed by atoms with van der Waals surface area (Å²) in [5.41, 5.74) is -0.893. The van der Waals surface area contributed by atoms with Crippen LogP contribution >= 0.6 is 11.9 Å². The Morgan fingerprint density at radius 2 is 1.58 bits per heavy atom. The van der Waals surface area contributed by atoms with Crippen molar-refractivity contribution in [2.24, 2.45) is 0 Å². The average Bonchev–Trinajstić information content (AvgIpc) is 2.83. The Kier molecular flexibility index (Phi) is 7.47. The summed E-state index contributed by atoms with van der Waals surface area (Å²) in [6.45, 7) is 11.7. The van der Waals surface area contributed by atoms with Gasteiger partial charge in [0.25, 0.3) is 0 Å². The average molecular weight is 520 g/mol. The molecule has 10 heteroatoms. The fourth-order valence-corrected chi connectivity index (χ4v) is 4.77. The number of hydrogen-bond donors (Lipinski definition) is 1. The molecule has 0 radical (unpaired) electrons. The van der Waals surface area contributed by atoms with Gasteiger partial charge in [0.2, 0.25) is 0 Å². The molecule has 0 atom stereocenters. The fourth-order valence-electron chi connectivity index (χ4n) is 4.16. The molecule has 1 fully saturated rings. The highest BCUT2D eigenvalue weighted by Crippen LogP contribution is 2.38. The predicted molar refractivity (Wildman–Crippen MR) is 137 cm³/mol. The van der Waals surface area contributed by atoms with Gasteiger partial charge in [0.1, 0.15) is 22.5 Å². The third-order valence-corrected chi connectivity index (χ3v) is 6.99. The van der Waals surface area contributed by atoms with Crippen LogP contribution in [-0.2, 0) is 6.18 Å². The van der Waals surface area contributed by atoms with Crippen molar-refractivity contribution in [3.8, 4) is 11.3 Å². The van der Waals surface area contributed by atoms with E-state index in [2.05, 4.69) is 40.3 Å². The van der Waals surface area contributed by atoms with E-state index >= 15 is 0 Å². The monoisotopic (exact) mass is 519 g/mol. The van der Waals surface area contributed by atoms with E-state index < -0.39 is 17.6 Å². The zero-order valence-electron chi connectivity index (χ0n) is 20.7. The molecule has 1 aromatic carbocycles. The highest BCUT2D eigenvalue weighted by Gasteiger charge is 2.35. The molecule has 1 aliphatic rings. The first-order valence-corrected chi connectivity index (χ1v) is 12.5. The highest BCUT2D eigenvalue weighted by atomic mass is 32.2. The second-order valence-electron chi connectivity index (χ2n) is 9.69. The molecule has 0 amide bonds. The Morgan fingerprint density at radius 1 is 0.889 bits per heavy atom. The number of pyridine rings is 2. The summed E-state index contributed by atoms with van der Waals surface area (Å²) >= 11 is 1.17. The molecule has 2 aromatic heterocycles. The summed E-state index contributed by atoms with van der Waals surface area (Å²) in [6.07, 6.45) is -4.63. The maximum absolute atomic E-state index is 14.1. The molecule has 36 heavy (non-hydrogen) atoms. The summed E-state index contributed by atoms with van der Waals surface area (Å²) in [6, 6.07) is 12.0. The van der Waals surface area contributed by atoms with Gasteiger partial charge < -0.3 is 9.62 Å². The van der Waals surface area contributed by atoms with Crippen LogP contribution in [0.1, 0.15) is 31.9 Å². The molecule has 0 spiro atoms. The molecule has 3 heterocycles. The minimum atomic E-state index is -4.63. The Labute approximate surface area is 213 Å². The van der Waals surface area contributed by atoms with Gasteiger partial charge in [0, 0.05) is 49.2 Å². The van der Waals surface area contributed by atoms with Gasteiger partial charge in [-0.1, -0.05) is 18.2 Å². The van der Waals surface area contributed by atoms with Crippen LogP contribution in [0.15, 0.2) is 53.6 Å². The lowest BCUT2D eigenvalue weighted by Crippen LogP contribution is -2.53. The SMILES string of the molecule is Cc1c(F)cccc1-c1nc(NSc2cccc(N3CCN(C(C)(C)C)CC3)n2)ccc1C(F)(F)F. The third-order valence-electron chi connectivity index (χ3n) is 6.24. The Bertz CT molecular complexity index is 1220. The largest absolute Gasteiger partial charge is 0.418 e. The van der Waals surface area contributed by atoms with Crippen LogP contribution in [0.3, 0.4) is 0 Å². The molecule has 5 nitrogen and oxygen atoms in total. The Hall–Kier alpha value is -2.85. The van der Waals surface area contributed by atoms with Crippen molar-refractivity contribution in [2.75, 3.05) is 35.8 Å². The second kappa shape index (κ2) is 10.3. The molecule has 1 saturated heterocycles. The quantitative estimate of drug-likeness (QED) is 0.301. The molecular weight excluding hydrogens is 490 g/mol. The summed E-state index contributed by atoms with van der Waals surface area (Å²) in [7, 11) is 0. The lowest BCUT2D eigenvalue weighted by molar-refractivity contribution is -0.137. The maximum atomic E-state index is 14.1. The lowest BCUT2D eigenvalue weighted by atomic mass is 10.0. The first-order valence-electron chi connectivity index (χ1n) is 11.7. The van der Waals surface area contributed by atoms with Crippen LogP contribution in [0.25, 0.3) is 11.3 Å². The first kappa shape index (κ1) is 26.2. The van der Waals surface area contributed by atoms with Gasteiger partial charge in [0.05, 0.1) is 11.3 Å². The van der Waals surface area contributed by atoms with E-state index in [1.807, 2.05) is 18.2 Å². The highest BCUT2D eigenvalue weighted by molar-refractivity contribution is 8.00. The minimum absolute atomic E-state index is 0.102. The van der Waals surface area contributed by atoms with Crippen LogP contribution in [-0.4, -0.2) is 46.6 Å². The number of benzene rings is 1. The van der Waals surface area contributed by atoms with E-state index in [4.69, 9.17) is 4.98 Å². The van der Waals surface area contributed by atoms with Crippen molar-refractivity contribution >= 4 is 23.6 Å². The van der Waals surface area contributed by atoms with Gasteiger partial charge in [-0.05, 0) is 63.6 Å². The van der Waals surface area contributed by atoms with Crippen LogP contribution in [0.5, 0.6) is 0 Å². The fraction of sp³-hybridized carbons (Fsp3) is 0.385. The van der Waals surface area contributed by atoms with Crippen molar-refractivity contribution < 1.29 is 17.6 Å². The molecule has 0 saturated carbocycles. The van der Waals surface area contributed by atoms with E-state index in [1.165, 1.54) is 43.1 Å². The maximum Gasteiger partial charge on any atom is 0.418 e. The van der Waals surface area contributed by atoms with E-state index in [0.717, 1.165) is 38.1 Å². The summed E-state index contributed by atoms with van der Waals surface area (Å²) in [5, 5.41) is 0.663. The van der Waals surface area contributed by atoms with E-state index in [-0.39, 0.29) is 28.2 Å². The number of nitrogens with one attached hydrogen (secondary N) is 1. The second-order valence-corrected chi connectivity index (χ2v) is 10.5. The number of halogens is 4. The van der Waals surface area contributed by atoms with Crippen LogP contribution in [0.2, 0.25) is 0 Å². The van der Waals surface area contributed by atoms with E-state index in [0.29, 0.717) is 5.03 Å². The van der Waals surface area contributed by atoms with E-state index in [1.54, 1.807) is 0 Å². The van der Waals surface area contributed by atoms with Crippen LogP contribution in [0.4, 0.5) is 29.2 Å². The normalized spacial score (nSPS) is 15.3. The molecule has 4 rings (SSSR count). The summed E-state index contributed by atoms with van der Waals surface area (Å²) in [4.78, 5) is 13.6. The molecule has 1 N–H and O–H groups in total. The van der Waals surface area contributed by atoms with Gasteiger partial charge in [0.15, 0.2) is 0 Å².